The number of hydrogen-bond donors (Lipinski definition) is 2. The van der Waals surface area contributed by atoms with Gasteiger partial charge in [-0.2, -0.15) is 10.3 Å². The molecule has 0 spiro atoms. The van der Waals surface area contributed by atoms with Crippen LogP contribution in [0.1, 0.15) is 63.5 Å². The quantitative estimate of drug-likeness (QED) is 0.640. The second-order valence-electron chi connectivity index (χ2n) is 7.90. The summed E-state index contributed by atoms with van der Waals surface area (Å²) in [5.41, 5.74) is 10.2. The van der Waals surface area contributed by atoms with Crippen molar-refractivity contribution in [1.82, 2.24) is 20.4 Å². The summed E-state index contributed by atoms with van der Waals surface area (Å²) in [7, 11) is 0. The average Bonchev–Trinajstić information content (AvgIpc) is 3.02. The van der Waals surface area contributed by atoms with Crippen molar-refractivity contribution < 1.29 is 0 Å². The van der Waals surface area contributed by atoms with E-state index in [-0.39, 0.29) is 5.92 Å². The molecule has 2 heterocycles. The smallest absolute Gasteiger partial charge is 0.203 e. The minimum atomic E-state index is 0.249. The number of nitrogens with one attached hydrogen (secondary N) is 1. The van der Waals surface area contributed by atoms with Gasteiger partial charge in [-0.3, -0.25) is 0 Å². The van der Waals surface area contributed by atoms with Crippen molar-refractivity contribution in [3.63, 3.8) is 0 Å². The highest BCUT2D eigenvalue weighted by Gasteiger charge is 2.20. The van der Waals surface area contributed by atoms with Crippen LogP contribution in [0.4, 0.5) is 5.82 Å². The number of rotatable bonds is 6. The third-order valence-corrected chi connectivity index (χ3v) is 4.59. The maximum absolute atomic E-state index is 6.02. The normalized spacial score (nSPS) is 13.2. The SMILES string of the molecule is CC(C)(C)CCCCC(c1ccccc1)c1cc(N)nc2n[nH]nc12. The average molecular weight is 337 g/mol. The van der Waals surface area contributed by atoms with E-state index in [1.54, 1.807) is 0 Å². The minimum absolute atomic E-state index is 0.249. The predicted molar refractivity (Wildman–Crippen MR) is 102 cm³/mol. The number of aromatic nitrogens is 4. The number of hydrogen-bond acceptors (Lipinski definition) is 4. The molecule has 3 aromatic rings. The molecule has 132 valence electrons. The molecule has 5 nitrogen and oxygen atoms in total. The predicted octanol–water partition coefficient (Wildman–Crippen LogP) is 4.67. The Morgan fingerprint density at radius 2 is 1.84 bits per heavy atom. The maximum atomic E-state index is 6.02. The number of aromatic amines is 1. The molecule has 1 aromatic carbocycles. The molecule has 0 amide bonds. The summed E-state index contributed by atoms with van der Waals surface area (Å²) in [6, 6.07) is 12.5. The number of anilines is 1. The molecule has 0 fully saturated rings. The van der Waals surface area contributed by atoms with Crippen LogP contribution in [-0.2, 0) is 0 Å². The zero-order valence-electron chi connectivity index (χ0n) is 15.3. The third-order valence-electron chi connectivity index (χ3n) is 4.59. The van der Waals surface area contributed by atoms with Crippen molar-refractivity contribution in [2.75, 3.05) is 5.73 Å². The fourth-order valence-corrected chi connectivity index (χ4v) is 3.34. The van der Waals surface area contributed by atoms with E-state index in [0.717, 1.165) is 17.5 Å². The van der Waals surface area contributed by atoms with Crippen molar-refractivity contribution in [1.29, 1.82) is 0 Å². The Labute approximate surface area is 149 Å². The summed E-state index contributed by atoms with van der Waals surface area (Å²) in [4.78, 5) is 4.27. The fourth-order valence-electron chi connectivity index (χ4n) is 3.34. The molecule has 3 rings (SSSR count). The largest absolute Gasteiger partial charge is 0.384 e. The first-order valence-electron chi connectivity index (χ1n) is 8.96. The van der Waals surface area contributed by atoms with E-state index in [0.29, 0.717) is 16.9 Å². The van der Waals surface area contributed by atoms with Crippen LogP contribution in [-0.4, -0.2) is 20.4 Å². The Morgan fingerprint density at radius 3 is 2.56 bits per heavy atom. The second-order valence-corrected chi connectivity index (χ2v) is 7.90. The van der Waals surface area contributed by atoms with E-state index in [9.17, 15) is 0 Å². The van der Waals surface area contributed by atoms with Crippen molar-refractivity contribution in [2.45, 2.75) is 52.4 Å². The Morgan fingerprint density at radius 1 is 1.08 bits per heavy atom. The van der Waals surface area contributed by atoms with Gasteiger partial charge in [0.15, 0.2) is 0 Å². The molecule has 0 aliphatic rings. The van der Waals surface area contributed by atoms with Gasteiger partial charge in [-0.25, -0.2) is 4.98 Å². The lowest BCUT2D eigenvalue weighted by atomic mass is 9.84. The number of fused-ring (bicyclic) bond motifs is 1. The Kier molecular flexibility index (Phi) is 5.02. The minimum Gasteiger partial charge on any atom is -0.384 e. The second kappa shape index (κ2) is 7.21. The van der Waals surface area contributed by atoms with Crippen LogP contribution in [0.15, 0.2) is 36.4 Å². The molecule has 3 N–H and O–H groups in total. The first-order chi connectivity index (χ1) is 11.9. The molecule has 1 unspecified atom stereocenters. The molecular formula is C20H27N5. The summed E-state index contributed by atoms with van der Waals surface area (Å²) in [6.07, 6.45) is 4.67. The molecule has 0 aliphatic heterocycles. The lowest BCUT2D eigenvalue weighted by Gasteiger charge is -2.21. The van der Waals surface area contributed by atoms with E-state index in [1.807, 2.05) is 12.1 Å². The summed E-state index contributed by atoms with van der Waals surface area (Å²) in [6.45, 7) is 6.89. The summed E-state index contributed by atoms with van der Waals surface area (Å²) in [5, 5.41) is 11.1. The zero-order valence-corrected chi connectivity index (χ0v) is 15.3. The summed E-state index contributed by atoms with van der Waals surface area (Å²) < 4.78 is 0. The van der Waals surface area contributed by atoms with Crippen molar-refractivity contribution >= 4 is 17.0 Å². The van der Waals surface area contributed by atoms with Crippen LogP contribution in [0.3, 0.4) is 0 Å². The summed E-state index contributed by atoms with van der Waals surface area (Å²) >= 11 is 0. The third kappa shape index (κ3) is 4.35. The van der Waals surface area contributed by atoms with Crippen LogP contribution >= 0.6 is 0 Å². The molecule has 0 aliphatic carbocycles. The zero-order chi connectivity index (χ0) is 17.9. The van der Waals surface area contributed by atoms with Gasteiger partial charge >= 0.3 is 0 Å². The van der Waals surface area contributed by atoms with Crippen molar-refractivity contribution in [3.8, 4) is 0 Å². The monoisotopic (exact) mass is 337 g/mol. The standard InChI is InChI=1S/C20H27N5/c1-20(2,3)12-8-7-11-15(14-9-5-4-6-10-14)16-13-17(21)22-19-18(16)23-25-24-19/h4-6,9-10,13,15H,7-8,11-12H2,1-3H3,(H3,21,22,23,24,25). The van der Waals surface area contributed by atoms with Crippen LogP contribution in [0.25, 0.3) is 11.2 Å². The van der Waals surface area contributed by atoms with Gasteiger partial charge in [0.25, 0.3) is 0 Å². The van der Waals surface area contributed by atoms with Gasteiger partial charge in [-0.15, -0.1) is 5.10 Å². The maximum Gasteiger partial charge on any atom is 0.203 e. The number of H-pyrrole nitrogens is 1. The number of benzene rings is 1. The van der Waals surface area contributed by atoms with Crippen LogP contribution in [0.2, 0.25) is 0 Å². The molecule has 2 aromatic heterocycles. The number of nitrogens with zero attached hydrogens (tertiary/aromatic N) is 3. The highest BCUT2D eigenvalue weighted by Crippen LogP contribution is 2.34. The molecule has 1 atom stereocenters. The molecule has 0 saturated carbocycles. The lowest BCUT2D eigenvalue weighted by Crippen LogP contribution is -2.07. The van der Waals surface area contributed by atoms with E-state index in [2.05, 4.69) is 65.4 Å². The number of pyridine rings is 1. The van der Waals surface area contributed by atoms with Crippen LogP contribution in [0, 0.1) is 5.41 Å². The first kappa shape index (κ1) is 17.4. The molecular weight excluding hydrogens is 310 g/mol. The van der Waals surface area contributed by atoms with E-state index in [1.165, 1.54) is 24.8 Å². The molecule has 0 bridgehead atoms. The van der Waals surface area contributed by atoms with Crippen molar-refractivity contribution in [3.05, 3.63) is 47.5 Å². The molecule has 0 saturated heterocycles. The van der Waals surface area contributed by atoms with Crippen LogP contribution in [0.5, 0.6) is 0 Å². The Hall–Kier alpha value is -2.43. The van der Waals surface area contributed by atoms with Gasteiger partial charge in [-0.1, -0.05) is 63.9 Å². The summed E-state index contributed by atoms with van der Waals surface area (Å²) in [5.74, 6) is 0.742. The highest BCUT2D eigenvalue weighted by atomic mass is 15.3. The van der Waals surface area contributed by atoms with Gasteiger partial charge in [-0.05, 0) is 35.4 Å². The Bertz CT molecular complexity index is 817. The van der Waals surface area contributed by atoms with Gasteiger partial charge in [0.05, 0.1) is 0 Å². The first-order valence-corrected chi connectivity index (χ1v) is 8.96. The molecule has 25 heavy (non-hydrogen) atoms. The highest BCUT2D eigenvalue weighted by molar-refractivity contribution is 5.77. The topological polar surface area (TPSA) is 80.5 Å². The van der Waals surface area contributed by atoms with Gasteiger partial charge in [0.1, 0.15) is 11.3 Å². The molecule has 0 radical (unpaired) electrons. The van der Waals surface area contributed by atoms with E-state index < -0.39 is 0 Å². The van der Waals surface area contributed by atoms with Crippen molar-refractivity contribution in [2.24, 2.45) is 5.41 Å². The molecule has 5 heteroatoms. The van der Waals surface area contributed by atoms with Gasteiger partial charge in [0, 0.05) is 5.92 Å². The number of unbranched alkanes of at least 4 members (excludes halogenated alkanes) is 1. The van der Waals surface area contributed by atoms with Gasteiger partial charge < -0.3 is 5.73 Å². The van der Waals surface area contributed by atoms with Gasteiger partial charge in [0.2, 0.25) is 5.65 Å². The van der Waals surface area contributed by atoms with E-state index >= 15 is 0 Å². The lowest BCUT2D eigenvalue weighted by molar-refractivity contribution is 0.356. The Balaban J connectivity index is 1.90. The van der Waals surface area contributed by atoms with E-state index in [4.69, 9.17) is 5.73 Å². The van der Waals surface area contributed by atoms with Crippen LogP contribution < -0.4 is 5.73 Å². The number of nitrogen functional groups attached to an aromatic ring is 1. The number of nitrogens with two attached hydrogens (primary N) is 1. The fraction of sp³-hybridized carbons (Fsp3) is 0.450.